The molecule has 0 heterocycles. The second-order valence-electron chi connectivity index (χ2n) is 4.69. The summed E-state index contributed by atoms with van der Waals surface area (Å²) in [5, 5.41) is 0. The summed E-state index contributed by atoms with van der Waals surface area (Å²) in [6.07, 6.45) is 1.60. The lowest BCUT2D eigenvalue weighted by Gasteiger charge is -2.07. The molecular formula is C16H18O4S. The monoisotopic (exact) mass is 306 g/mol. The molecule has 0 radical (unpaired) electrons. The van der Waals surface area contributed by atoms with E-state index in [1.54, 1.807) is 0 Å². The van der Waals surface area contributed by atoms with Crippen molar-refractivity contribution in [1.82, 2.24) is 0 Å². The molecule has 2 rings (SSSR count). The molecule has 0 aliphatic heterocycles. The zero-order valence-electron chi connectivity index (χ0n) is 11.9. The summed E-state index contributed by atoms with van der Waals surface area (Å²) in [6.45, 7) is 0.681. The Balaban J connectivity index is 1.82. The van der Waals surface area contributed by atoms with E-state index >= 15 is 0 Å². The van der Waals surface area contributed by atoms with Crippen LogP contribution in [0.1, 0.15) is 11.1 Å². The molecule has 0 unspecified atom stereocenters. The van der Waals surface area contributed by atoms with Gasteiger partial charge in [0.25, 0.3) is 10.1 Å². The lowest BCUT2D eigenvalue weighted by Crippen LogP contribution is -2.06. The van der Waals surface area contributed by atoms with Crippen molar-refractivity contribution < 1.29 is 17.3 Å². The van der Waals surface area contributed by atoms with Crippen molar-refractivity contribution >= 4 is 10.1 Å². The normalized spacial score (nSPS) is 11.3. The molecule has 0 aromatic heterocycles. The third-order valence-electron chi connectivity index (χ3n) is 2.86. The SMILES string of the molecule is CS(=O)(=O)OCCc1ccc(OCc2ccccc2)cc1. The zero-order valence-corrected chi connectivity index (χ0v) is 12.7. The molecule has 21 heavy (non-hydrogen) atoms. The van der Waals surface area contributed by atoms with Crippen molar-refractivity contribution in [3.63, 3.8) is 0 Å². The molecule has 0 fully saturated rings. The summed E-state index contributed by atoms with van der Waals surface area (Å²) < 4.78 is 32.1. The summed E-state index contributed by atoms with van der Waals surface area (Å²) >= 11 is 0. The minimum atomic E-state index is -3.37. The minimum absolute atomic E-state index is 0.156. The predicted molar refractivity (Wildman–Crippen MR) is 81.7 cm³/mol. The molecule has 0 aliphatic carbocycles. The van der Waals surface area contributed by atoms with Crippen LogP contribution in [0.2, 0.25) is 0 Å². The average molecular weight is 306 g/mol. The zero-order chi connectivity index (χ0) is 15.1. The molecule has 2 aromatic carbocycles. The van der Waals surface area contributed by atoms with Gasteiger partial charge in [-0.2, -0.15) is 8.42 Å². The molecular weight excluding hydrogens is 288 g/mol. The largest absolute Gasteiger partial charge is 0.489 e. The molecule has 0 spiro atoms. The number of ether oxygens (including phenoxy) is 1. The van der Waals surface area contributed by atoms with E-state index in [2.05, 4.69) is 0 Å². The van der Waals surface area contributed by atoms with E-state index in [4.69, 9.17) is 8.92 Å². The van der Waals surface area contributed by atoms with Crippen LogP contribution >= 0.6 is 0 Å². The van der Waals surface area contributed by atoms with Gasteiger partial charge in [-0.1, -0.05) is 42.5 Å². The van der Waals surface area contributed by atoms with Crippen LogP contribution in [0.5, 0.6) is 5.75 Å². The van der Waals surface area contributed by atoms with Crippen molar-refractivity contribution in [2.75, 3.05) is 12.9 Å². The Bertz CT molecular complexity index is 648. The molecule has 0 saturated heterocycles. The maximum absolute atomic E-state index is 10.9. The van der Waals surface area contributed by atoms with E-state index in [0.29, 0.717) is 13.0 Å². The van der Waals surface area contributed by atoms with E-state index < -0.39 is 10.1 Å². The fourth-order valence-corrected chi connectivity index (χ4v) is 2.19. The molecule has 0 saturated carbocycles. The first-order chi connectivity index (χ1) is 10.0. The molecule has 0 N–H and O–H groups in total. The maximum atomic E-state index is 10.9. The second-order valence-corrected chi connectivity index (χ2v) is 6.34. The van der Waals surface area contributed by atoms with E-state index in [0.717, 1.165) is 23.1 Å². The highest BCUT2D eigenvalue weighted by Crippen LogP contribution is 2.14. The van der Waals surface area contributed by atoms with Crippen LogP contribution in [0.3, 0.4) is 0 Å². The van der Waals surface area contributed by atoms with Crippen LogP contribution in [-0.2, 0) is 27.3 Å². The number of hydrogen-bond donors (Lipinski definition) is 0. The predicted octanol–water partition coefficient (Wildman–Crippen LogP) is 2.78. The van der Waals surface area contributed by atoms with Gasteiger partial charge in [0.05, 0.1) is 12.9 Å². The van der Waals surface area contributed by atoms with E-state index in [1.165, 1.54) is 0 Å². The van der Waals surface area contributed by atoms with Crippen molar-refractivity contribution in [1.29, 1.82) is 0 Å². The number of benzene rings is 2. The Kier molecular flexibility index (Phi) is 5.36. The van der Waals surface area contributed by atoms with Gasteiger partial charge in [0, 0.05) is 0 Å². The summed E-state index contributed by atoms with van der Waals surface area (Å²) in [6, 6.07) is 17.5. The molecule has 0 atom stereocenters. The van der Waals surface area contributed by atoms with Gasteiger partial charge in [0.15, 0.2) is 0 Å². The second kappa shape index (κ2) is 7.24. The standard InChI is InChI=1S/C16H18O4S/c1-21(17,18)20-12-11-14-7-9-16(10-8-14)19-13-15-5-3-2-4-6-15/h2-10H,11-13H2,1H3. The van der Waals surface area contributed by atoms with Crippen LogP contribution in [-0.4, -0.2) is 21.3 Å². The van der Waals surface area contributed by atoms with Crippen LogP contribution in [0.25, 0.3) is 0 Å². The first-order valence-electron chi connectivity index (χ1n) is 6.63. The summed E-state index contributed by atoms with van der Waals surface area (Å²) in [5.74, 6) is 0.784. The smallest absolute Gasteiger partial charge is 0.264 e. The third kappa shape index (κ3) is 5.97. The Hall–Kier alpha value is -1.85. The van der Waals surface area contributed by atoms with Crippen LogP contribution < -0.4 is 4.74 Å². The van der Waals surface area contributed by atoms with E-state index in [9.17, 15) is 8.42 Å². The number of hydrogen-bond acceptors (Lipinski definition) is 4. The summed E-state index contributed by atoms with van der Waals surface area (Å²) in [7, 11) is -3.37. The first kappa shape index (κ1) is 15.5. The maximum Gasteiger partial charge on any atom is 0.264 e. The van der Waals surface area contributed by atoms with Gasteiger partial charge >= 0.3 is 0 Å². The Labute approximate surface area is 125 Å². The fraction of sp³-hybridized carbons (Fsp3) is 0.250. The molecule has 0 amide bonds. The van der Waals surface area contributed by atoms with Crippen molar-refractivity contribution in [2.24, 2.45) is 0 Å². The highest BCUT2D eigenvalue weighted by atomic mass is 32.2. The Morgan fingerprint density at radius 3 is 2.19 bits per heavy atom. The third-order valence-corrected chi connectivity index (χ3v) is 3.45. The lowest BCUT2D eigenvalue weighted by molar-refractivity contribution is 0.305. The topological polar surface area (TPSA) is 52.6 Å². The first-order valence-corrected chi connectivity index (χ1v) is 8.45. The lowest BCUT2D eigenvalue weighted by atomic mass is 10.1. The van der Waals surface area contributed by atoms with Crippen LogP contribution in [0, 0.1) is 0 Å². The van der Waals surface area contributed by atoms with E-state index in [1.807, 2.05) is 54.6 Å². The highest BCUT2D eigenvalue weighted by molar-refractivity contribution is 7.85. The molecule has 5 heteroatoms. The Morgan fingerprint density at radius 1 is 0.905 bits per heavy atom. The van der Waals surface area contributed by atoms with E-state index in [-0.39, 0.29) is 6.61 Å². The van der Waals surface area contributed by atoms with Gasteiger partial charge in [-0.05, 0) is 29.7 Å². The van der Waals surface area contributed by atoms with Crippen molar-refractivity contribution in [3.05, 3.63) is 65.7 Å². The summed E-state index contributed by atoms with van der Waals surface area (Å²) in [4.78, 5) is 0. The molecule has 112 valence electrons. The quantitative estimate of drug-likeness (QED) is 0.738. The molecule has 4 nitrogen and oxygen atoms in total. The summed E-state index contributed by atoms with van der Waals surface area (Å²) in [5.41, 5.74) is 2.12. The number of rotatable bonds is 7. The van der Waals surface area contributed by atoms with Gasteiger partial charge in [0.2, 0.25) is 0 Å². The van der Waals surface area contributed by atoms with Gasteiger partial charge < -0.3 is 4.74 Å². The fourth-order valence-electron chi connectivity index (χ4n) is 1.80. The van der Waals surface area contributed by atoms with Crippen LogP contribution in [0.4, 0.5) is 0 Å². The van der Waals surface area contributed by atoms with Gasteiger partial charge in [-0.3, -0.25) is 4.18 Å². The molecule has 0 bridgehead atoms. The van der Waals surface area contributed by atoms with Crippen LogP contribution in [0.15, 0.2) is 54.6 Å². The minimum Gasteiger partial charge on any atom is -0.489 e. The van der Waals surface area contributed by atoms with Crippen molar-refractivity contribution in [2.45, 2.75) is 13.0 Å². The van der Waals surface area contributed by atoms with Crippen molar-refractivity contribution in [3.8, 4) is 5.75 Å². The highest BCUT2D eigenvalue weighted by Gasteiger charge is 2.02. The molecule has 0 aliphatic rings. The van der Waals surface area contributed by atoms with Gasteiger partial charge in [-0.25, -0.2) is 0 Å². The van der Waals surface area contributed by atoms with Gasteiger partial charge in [-0.15, -0.1) is 0 Å². The van der Waals surface area contributed by atoms with Gasteiger partial charge in [0.1, 0.15) is 12.4 Å². The average Bonchev–Trinajstić information content (AvgIpc) is 2.46. The Morgan fingerprint density at radius 2 is 1.57 bits per heavy atom. The molecule has 2 aromatic rings.